The Hall–Kier alpha value is -2.34. The van der Waals surface area contributed by atoms with Crippen LogP contribution < -0.4 is 5.32 Å². The van der Waals surface area contributed by atoms with Crippen molar-refractivity contribution in [2.45, 2.75) is 19.9 Å². The van der Waals surface area contributed by atoms with E-state index in [1.807, 2.05) is 19.2 Å². The number of aromatic nitrogens is 3. The first kappa shape index (κ1) is 13.6. The number of nitrogens with one attached hydrogen (secondary N) is 1. The summed E-state index contributed by atoms with van der Waals surface area (Å²) in [6, 6.07) is 3.62. The second-order valence-electron chi connectivity index (χ2n) is 5.14. The monoisotopic (exact) mass is 283 g/mol. The molecule has 6 nitrogen and oxygen atoms in total. The van der Waals surface area contributed by atoms with E-state index in [-0.39, 0.29) is 5.91 Å². The number of hydrogen-bond donors (Lipinski definition) is 1. The standard InChI is InChI=1S/C15H17N5O/c1-11-17-7-12-4-6-20(9-14(12)18-11)10-15(21)19-13-3-2-5-16-8-13/h2-3,5,7-8H,4,6,9-10H2,1H3,(H,19,21). The van der Waals surface area contributed by atoms with Crippen LogP contribution in [0, 0.1) is 6.92 Å². The number of pyridine rings is 1. The van der Waals surface area contributed by atoms with E-state index in [1.54, 1.807) is 18.5 Å². The van der Waals surface area contributed by atoms with Gasteiger partial charge in [0.05, 0.1) is 24.1 Å². The molecule has 108 valence electrons. The maximum Gasteiger partial charge on any atom is 0.238 e. The lowest BCUT2D eigenvalue weighted by Crippen LogP contribution is -2.37. The van der Waals surface area contributed by atoms with E-state index in [0.29, 0.717) is 13.1 Å². The minimum Gasteiger partial charge on any atom is -0.324 e. The van der Waals surface area contributed by atoms with E-state index >= 15 is 0 Å². The average Bonchev–Trinajstić information content (AvgIpc) is 2.47. The van der Waals surface area contributed by atoms with Gasteiger partial charge in [-0.05, 0) is 31.0 Å². The van der Waals surface area contributed by atoms with Crippen molar-refractivity contribution >= 4 is 11.6 Å². The van der Waals surface area contributed by atoms with Gasteiger partial charge in [0.25, 0.3) is 0 Å². The van der Waals surface area contributed by atoms with E-state index in [4.69, 9.17) is 0 Å². The molecule has 2 aromatic rings. The Kier molecular flexibility index (Phi) is 3.87. The fraction of sp³-hybridized carbons (Fsp3) is 0.333. The van der Waals surface area contributed by atoms with Gasteiger partial charge < -0.3 is 5.32 Å². The molecule has 1 N–H and O–H groups in total. The summed E-state index contributed by atoms with van der Waals surface area (Å²) >= 11 is 0. The summed E-state index contributed by atoms with van der Waals surface area (Å²) in [6.07, 6.45) is 6.10. The second-order valence-corrected chi connectivity index (χ2v) is 5.14. The maximum atomic E-state index is 12.0. The van der Waals surface area contributed by atoms with Crippen LogP contribution in [0.15, 0.2) is 30.7 Å². The van der Waals surface area contributed by atoms with Gasteiger partial charge >= 0.3 is 0 Å². The Balaban J connectivity index is 1.60. The third-order valence-corrected chi connectivity index (χ3v) is 3.46. The molecule has 0 aliphatic carbocycles. The molecule has 0 saturated carbocycles. The van der Waals surface area contributed by atoms with Crippen LogP contribution in [0.2, 0.25) is 0 Å². The van der Waals surface area contributed by atoms with Crippen molar-refractivity contribution in [1.29, 1.82) is 0 Å². The summed E-state index contributed by atoms with van der Waals surface area (Å²) in [7, 11) is 0. The van der Waals surface area contributed by atoms with Crippen molar-refractivity contribution in [2.24, 2.45) is 0 Å². The van der Waals surface area contributed by atoms with Crippen LogP contribution in [0.1, 0.15) is 17.1 Å². The van der Waals surface area contributed by atoms with E-state index < -0.39 is 0 Å². The number of carbonyl (C=O) groups is 1. The Morgan fingerprint density at radius 2 is 2.33 bits per heavy atom. The van der Waals surface area contributed by atoms with Crippen LogP contribution in [0.5, 0.6) is 0 Å². The maximum absolute atomic E-state index is 12.0. The third kappa shape index (κ3) is 3.41. The van der Waals surface area contributed by atoms with Crippen molar-refractivity contribution in [3.05, 3.63) is 47.8 Å². The molecule has 0 aromatic carbocycles. The largest absolute Gasteiger partial charge is 0.324 e. The van der Waals surface area contributed by atoms with Gasteiger partial charge in [-0.15, -0.1) is 0 Å². The van der Waals surface area contributed by atoms with Crippen molar-refractivity contribution < 1.29 is 4.79 Å². The number of hydrogen-bond acceptors (Lipinski definition) is 5. The van der Waals surface area contributed by atoms with Gasteiger partial charge in [0.1, 0.15) is 5.82 Å². The van der Waals surface area contributed by atoms with Crippen LogP contribution in [-0.4, -0.2) is 38.8 Å². The van der Waals surface area contributed by atoms with Crippen LogP contribution in [0.3, 0.4) is 0 Å². The van der Waals surface area contributed by atoms with Crippen LogP contribution in [0.4, 0.5) is 5.69 Å². The lowest BCUT2D eigenvalue weighted by atomic mass is 10.1. The number of amides is 1. The molecule has 1 aliphatic rings. The molecule has 2 aromatic heterocycles. The predicted octanol–water partition coefficient (Wildman–Crippen LogP) is 1.18. The quantitative estimate of drug-likeness (QED) is 0.915. The van der Waals surface area contributed by atoms with E-state index in [0.717, 1.165) is 30.2 Å². The molecule has 1 amide bonds. The number of fused-ring (bicyclic) bond motifs is 1. The molecule has 3 heterocycles. The van der Waals surface area contributed by atoms with Crippen molar-refractivity contribution in [2.75, 3.05) is 18.4 Å². The van der Waals surface area contributed by atoms with Gasteiger partial charge in [0, 0.05) is 25.5 Å². The summed E-state index contributed by atoms with van der Waals surface area (Å²) in [4.78, 5) is 26.8. The number of nitrogens with zero attached hydrogens (tertiary/aromatic N) is 4. The molecule has 0 fully saturated rings. The zero-order valence-electron chi connectivity index (χ0n) is 11.9. The molecule has 0 unspecified atom stereocenters. The first-order valence-corrected chi connectivity index (χ1v) is 6.94. The van der Waals surface area contributed by atoms with Crippen LogP contribution in [0.25, 0.3) is 0 Å². The van der Waals surface area contributed by atoms with Crippen LogP contribution in [-0.2, 0) is 17.8 Å². The van der Waals surface area contributed by atoms with Gasteiger partial charge in [-0.2, -0.15) is 0 Å². The van der Waals surface area contributed by atoms with Gasteiger partial charge in [-0.3, -0.25) is 14.7 Å². The number of anilines is 1. The molecule has 0 spiro atoms. The molecule has 1 aliphatic heterocycles. The highest BCUT2D eigenvalue weighted by molar-refractivity contribution is 5.92. The third-order valence-electron chi connectivity index (χ3n) is 3.46. The van der Waals surface area contributed by atoms with Crippen molar-refractivity contribution in [3.8, 4) is 0 Å². The normalized spacial score (nSPS) is 14.5. The summed E-state index contributed by atoms with van der Waals surface area (Å²) in [6.45, 7) is 3.78. The highest BCUT2D eigenvalue weighted by atomic mass is 16.2. The summed E-state index contributed by atoms with van der Waals surface area (Å²) in [5, 5.41) is 2.85. The minimum absolute atomic E-state index is 0.0303. The highest BCUT2D eigenvalue weighted by Crippen LogP contribution is 2.16. The van der Waals surface area contributed by atoms with Gasteiger partial charge in [0.2, 0.25) is 5.91 Å². The molecule has 0 saturated heterocycles. The Bertz CT molecular complexity index is 644. The number of carbonyl (C=O) groups excluding carboxylic acids is 1. The fourth-order valence-corrected chi connectivity index (χ4v) is 2.43. The minimum atomic E-state index is -0.0303. The SMILES string of the molecule is Cc1ncc2c(n1)CN(CC(=O)Nc1cccnc1)CC2. The van der Waals surface area contributed by atoms with E-state index in [2.05, 4.69) is 25.2 Å². The molecule has 0 radical (unpaired) electrons. The topological polar surface area (TPSA) is 71.0 Å². The van der Waals surface area contributed by atoms with Gasteiger partial charge in [0.15, 0.2) is 0 Å². The Morgan fingerprint density at radius 3 is 3.14 bits per heavy atom. The van der Waals surface area contributed by atoms with E-state index in [1.165, 1.54) is 5.56 Å². The average molecular weight is 283 g/mol. The number of aryl methyl sites for hydroxylation is 1. The Morgan fingerprint density at radius 1 is 1.43 bits per heavy atom. The first-order chi connectivity index (χ1) is 10.2. The number of rotatable bonds is 3. The lowest BCUT2D eigenvalue weighted by molar-refractivity contribution is -0.117. The Labute approximate surface area is 123 Å². The fourth-order valence-electron chi connectivity index (χ4n) is 2.43. The predicted molar refractivity (Wildman–Crippen MR) is 78.6 cm³/mol. The molecular formula is C15H17N5O. The van der Waals surface area contributed by atoms with Crippen LogP contribution >= 0.6 is 0 Å². The first-order valence-electron chi connectivity index (χ1n) is 6.94. The molecule has 6 heteroatoms. The van der Waals surface area contributed by atoms with Crippen molar-refractivity contribution in [1.82, 2.24) is 19.9 Å². The van der Waals surface area contributed by atoms with Gasteiger partial charge in [-0.1, -0.05) is 0 Å². The molecule has 0 atom stereocenters. The van der Waals surface area contributed by atoms with Gasteiger partial charge in [-0.25, -0.2) is 9.97 Å². The molecule has 3 rings (SSSR count). The zero-order chi connectivity index (χ0) is 14.7. The molecular weight excluding hydrogens is 266 g/mol. The van der Waals surface area contributed by atoms with E-state index in [9.17, 15) is 4.79 Å². The summed E-state index contributed by atoms with van der Waals surface area (Å²) in [5.74, 6) is 0.743. The highest BCUT2D eigenvalue weighted by Gasteiger charge is 2.20. The molecule has 21 heavy (non-hydrogen) atoms. The molecule has 0 bridgehead atoms. The second kappa shape index (κ2) is 5.97. The zero-order valence-corrected chi connectivity index (χ0v) is 11.9. The van der Waals surface area contributed by atoms with Crippen molar-refractivity contribution in [3.63, 3.8) is 0 Å². The lowest BCUT2D eigenvalue weighted by Gasteiger charge is -2.27. The summed E-state index contributed by atoms with van der Waals surface area (Å²) < 4.78 is 0. The summed E-state index contributed by atoms with van der Waals surface area (Å²) in [5.41, 5.74) is 2.94. The smallest absolute Gasteiger partial charge is 0.238 e.